The smallest absolute Gasteiger partial charge is 0.308 e. The highest BCUT2D eigenvalue weighted by molar-refractivity contribution is 6.02. The average Bonchev–Trinajstić information content (AvgIpc) is 2.98. The zero-order valence-electron chi connectivity index (χ0n) is 14.0. The van der Waals surface area contributed by atoms with E-state index in [1.54, 1.807) is 6.07 Å². The van der Waals surface area contributed by atoms with E-state index in [9.17, 15) is 14.4 Å². The van der Waals surface area contributed by atoms with Crippen LogP contribution in [0.2, 0.25) is 0 Å². The maximum atomic E-state index is 11.4. The largest absolute Gasteiger partial charge is 0.492 e. The molecule has 0 saturated heterocycles. The van der Waals surface area contributed by atoms with Gasteiger partial charge in [-0.2, -0.15) is 0 Å². The SMILES string of the molecule is CC(=O)Oc1cc2c(OC(C)=O)ccc(OC(C)=O)c2c2c1CCO2. The van der Waals surface area contributed by atoms with Gasteiger partial charge in [0.2, 0.25) is 0 Å². The molecule has 0 aromatic heterocycles. The molecular weight excluding hydrogens is 328 g/mol. The van der Waals surface area contributed by atoms with Crippen LogP contribution in [0.4, 0.5) is 0 Å². The fourth-order valence-electron chi connectivity index (χ4n) is 2.82. The average molecular weight is 344 g/mol. The van der Waals surface area contributed by atoms with E-state index >= 15 is 0 Å². The van der Waals surface area contributed by atoms with Crippen LogP contribution >= 0.6 is 0 Å². The molecule has 0 radical (unpaired) electrons. The third kappa shape index (κ3) is 3.26. The van der Waals surface area contributed by atoms with E-state index in [1.165, 1.54) is 32.9 Å². The molecule has 130 valence electrons. The van der Waals surface area contributed by atoms with E-state index in [1.807, 2.05) is 0 Å². The standard InChI is InChI=1S/C18H16O7/c1-9(19)23-14-4-5-15(24-10(2)20)17-13(14)8-16(25-11(3)21)12-6-7-22-18(12)17/h4-5,8H,6-7H2,1-3H3. The Kier molecular flexibility index (Phi) is 4.31. The number of rotatable bonds is 3. The van der Waals surface area contributed by atoms with Gasteiger partial charge in [-0.3, -0.25) is 14.4 Å². The van der Waals surface area contributed by atoms with Crippen molar-refractivity contribution in [2.24, 2.45) is 0 Å². The highest BCUT2D eigenvalue weighted by Crippen LogP contribution is 2.47. The van der Waals surface area contributed by atoms with E-state index in [2.05, 4.69) is 0 Å². The molecular formula is C18H16O7. The number of esters is 3. The molecule has 0 amide bonds. The minimum atomic E-state index is -0.503. The molecule has 2 aromatic carbocycles. The quantitative estimate of drug-likeness (QED) is 0.624. The first kappa shape index (κ1) is 16.8. The van der Waals surface area contributed by atoms with Crippen LogP contribution in [0.15, 0.2) is 18.2 Å². The summed E-state index contributed by atoms with van der Waals surface area (Å²) in [6.45, 7) is 4.28. The lowest BCUT2D eigenvalue weighted by Crippen LogP contribution is -2.07. The van der Waals surface area contributed by atoms with Crippen molar-refractivity contribution in [1.29, 1.82) is 0 Å². The van der Waals surface area contributed by atoms with E-state index in [0.717, 1.165) is 0 Å². The van der Waals surface area contributed by atoms with Crippen molar-refractivity contribution in [3.8, 4) is 23.0 Å². The van der Waals surface area contributed by atoms with Crippen LogP contribution in [-0.2, 0) is 20.8 Å². The van der Waals surface area contributed by atoms with Gasteiger partial charge in [0, 0.05) is 38.1 Å². The monoisotopic (exact) mass is 344 g/mol. The molecule has 25 heavy (non-hydrogen) atoms. The first-order valence-corrected chi connectivity index (χ1v) is 7.67. The summed E-state index contributed by atoms with van der Waals surface area (Å²) < 4.78 is 21.5. The summed E-state index contributed by atoms with van der Waals surface area (Å²) in [4.78, 5) is 34.2. The van der Waals surface area contributed by atoms with E-state index < -0.39 is 17.9 Å². The Hall–Kier alpha value is -3.09. The molecule has 0 atom stereocenters. The van der Waals surface area contributed by atoms with Crippen LogP contribution in [0.3, 0.4) is 0 Å². The van der Waals surface area contributed by atoms with Crippen LogP contribution < -0.4 is 18.9 Å². The van der Waals surface area contributed by atoms with Crippen LogP contribution in [0.5, 0.6) is 23.0 Å². The summed E-state index contributed by atoms with van der Waals surface area (Å²) in [5.41, 5.74) is 0.705. The van der Waals surface area contributed by atoms with E-state index in [0.29, 0.717) is 40.9 Å². The van der Waals surface area contributed by atoms with E-state index in [4.69, 9.17) is 18.9 Å². The number of hydrogen-bond acceptors (Lipinski definition) is 7. The predicted octanol–water partition coefficient (Wildman–Crippen LogP) is 2.55. The topological polar surface area (TPSA) is 88.1 Å². The van der Waals surface area contributed by atoms with Crippen molar-refractivity contribution in [1.82, 2.24) is 0 Å². The van der Waals surface area contributed by atoms with Gasteiger partial charge < -0.3 is 18.9 Å². The van der Waals surface area contributed by atoms with Gasteiger partial charge in [0.1, 0.15) is 23.0 Å². The van der Waals surface area contributed by atoms with Gasteiger partial charge in [-0.1, -0.05) is 0 Å². The normalized spacial score (nSPS) is 12.3. The first-order chi connectivity index (χ1) is 11.9. The molecule has 0 N–H and O–H groups in total. The Bertz CT molecular complexity index is 898. The van der Waals surface area contributed by atoms with Gasteiger partial charge in [0.05, 0.1) is 12.0 Å². The number of fused-ring (bicyclic) bond motifs is 3. The summed E-state index contributed by atoms with van der Waals surface area (Å²) in [7, 11) is 0. The third-order valence-corrected chi connectivity index (χ3v) is 3.60. The van der Waals surface area contributed by atoms with Crippen molar-refractivity contribution < 1.29 is 33.3 Å². The van der Waals surface area contributed by atoms with Crippen molar-refractivity contribution in [3.05, 3.63) is 23.8 Å². The summed E-state index contributed by atoms with van der Waals surface area (Å²) in [6.07, 6.45) is 0.547. The van der Waals surface area contributed by atoms with Crippen molar-refractivity contribution in [2.45, 2.75) is 27.2 Å². The van der Waals surface area contributed by atoms with Crippen LogP contribution in [-0.4, -0.2) is 24.5 Å². The van der Waals surface area contributed by atoms with Crippen LogP contribution in [0.25, 0.3) is 10.8 Å². The molecule has 1 heterocycles. The summed E-state index contributed by atoms with van der Waals surface area (Å²) in [6, 6.07) is 4.64. The van der Waals surface area contributed by atoms with Gasteiger partial charge in [0.25, 0.3) is 0 Å². The summed E-state index contributed by atoms with van der Waals surface area (Å²) in [5.74, 6) is -0.135. The fourth-order valence-corrected chi connectivity index (χ4v) is 2.82. The Morgan fingerprint density at radius 3 is 2.08 bits per heavy atom. The molecule has 0 spiro atoms. The maximum Gasteiger partial charge on any atom is 0.308 e. The summed E-state index contributed by atoms with van der Waals surface area (Å²) >= 11 is 0. The second-order valence-corrected chi connectivity index (χ2v) is 5.55. The molecule has 1 aliphatic heterocycles. The molecule has 1 aliphatic rings. The molecule has 0 bridgehead atoms. The molecule has 7 heteroatoms. The lowest BCUT2D eigenvalue weighted by atomic mass is 10.0. The van der Waals surface area contributed by atoms with Crippen molar-refractivity contribution in [3.63, 3.8) is 0 Å². The highest BCUT2D eigenvalue weighted by Gasteiger charge is 2.26. The Balaban J connectivity index is 2.32. The first-order valence-electron chi connectivity index (χ1n) is 7.67. The molecule has 0 aliphatic carbocycles. The summed E-state index contributed by atoms with van der Waals surface area (Å²) in [5, 5.41) is 0.947. The third-order valence-electron chi connectivity index (χ3n) is 3.60. The molecule has 3 rings (SSSR count). The van der Waals surface area contributed by atoms with Gasteiger partial charge in [-0.05, 0) is 18.2 Å². The number of hydrogen-bond donors (Lipinski definition) is 0. The number of carbonyl (C=O) groups excluding carboxylic acids is 3. The zero-order chi connectivity index (χ0) is 18.1. The number of carbonyl (C=O) groups is 3. The Morgan fingerprint density at radius 2 is 1.44 bits per heavy atom. The minimum absolute atomic E-state index is 0.255. The van der Waals surface area contributed by atoms with Gasteiger partial charge in [-0.25, -0.2) is 0 Å². The minimum Gasteiger partial charge on any atom is -0.492 e. The lowest BCUT2D eigenvalue weighted by molar-refractivity contribution is -0.133. The van der Waals surface area contributed by atoms with Crippen molar-refractivity contribution in [2.75, 3.05) is 6.61 Å². The number of ether oxygens (including phenoxy) is 4. The second kappa shape index (κ2) is 6.43. The molecule has 0 unspecified atom stereocenters. The van der Waals surface area contributed by atoms with Gasteiger partial charge in [-0.15, -0.1) is 0 Å². The molecule has 0 fully saturated rings. The van der Waals surface area contributed by atoms with Crippen molar-refractivity contribution >= 4 is 28.7 Å². The predicted molar refractivity (Wildman–Crippen MR) is 87.1 cm³/mol. The van der Waals surface area contributed by atoms with Gasteiger partial charge in [0.15, 0.2) is 0 Å². The molecule has 7 nitrogen and oxygen atoms in total. The lowest BCUT2D eigenvalue weighted by Gasteiger charge is -2.15. The second-order valence-electron chi connectivity index (χ2n) is 5.55. The zero-order valence-corrected chi connectivity index (χ0v) is 14.0. The fraction of sp³-hybridized carbons (Fsp3) is 0.278. The molecule has 0 saturated carbocycles. The molecule has 2 aromatic rings. The Labute approximate surface area is 143 Å². The Morgan fingerprint density at radius 1 is 0.880 bits per heavy atom. The highest BCUT2D eigenvalue weighted by atomic mass is 16.5. The van der Waals surface area contributed by atoms with Crippen LogP contribution in [0.1, 0.15) is 26.3 Å². The van der Waals surface area contributed by atoms with Gasteiger partial charge >= 0.3 is 17.9 Å². The van der Waals surface area contributed by atoms with Crippen LogP contribution in [0, 0.1) is 0 Å². The number of benzene rings is 2. The van der Waals surface area contributed by atoms with E-state index in [-0.39, 0.29) is 11.5 Å². The maximum absolute atomic E-state index is 11.4.